The molecule has 2 rings (SSSR count). The lowest BCUT2D eigenvalue weighted by Gasteiger charge is -2.00. The fraction of sp³-hybridized carbons (Fsp3) is 0.214. The van der Waals surface area contributed by atoms with Gasteiger partial charge in [-0.3, -0.25) is 9.78 Å². The number of benzene rings is 1. The molecule has 0 spiro atoms. The second-order valence-electron chi connectivity index (χ2n) is 3.59. The molecule has 1 heterocycles. The van der Waals surface area contributed by atoms with Crippen LogP contribution in [-0.4, -0.2) is 15.8 Å². The second-order valence-corrected chi connectivity index (χ2v) is 3.59. The summed E-state index contributed by atoms with van der Waals surface area (Å²) in [5.41, 5.74) is 1.97. The molecule has 0 fully saturated rings. The summed E-state index contributed by atoms with van der Waals surface area (Å²) in [4.78, 5) is 20.3. The highest BCUT2D eigenvalue weighted by molar-refractivity contribution is 5.95. The number of carbonyl (C=O) groups is 1. The number of aromatic nitrogens is 2. The van der Waals surface area contributed by atoms with Crippen LogP contribution in [0.1, 0.15) is 30.3 Å². The molecule has 0 aliphatic heterocycles. The molecule has 17 heavy (non-hydrogen) atoms. The molecule has 1 aromatic carbocycles. The summed E-state index contributed by atoms with van der Waals surface area (Å²) in [6.07, 6.45) is 2.50. The summed E-state index contributed by atoms with van der Waals surface area (Å²) in [5, 5.41) is 0. The molecule has 0 amide bonds. The fourth-order valence-electron chi connectivity index (χ4n) is 1.52. The molecule has 1 aromatic heterocycles. The maximum Gasteiger partial charge on any atom is 0.183 e. The molecule has 0 N–H and O–H groups in total. The minimum absolute atomic E-state index is 0.00833. The number of fused-ring (bicyclic) bond motifs is 1. The van der Waals surface area contributed by atoms with E-state index < -0.39 is 0 Å². The molecule has 0 atom stereocenters. The number of nitrogens with zero attached hydrogens (tertiary/aromatic N) is 2. The van der Waals surface area contributed by atoms with Crippen molar-refractivity contribution in [3.05, 3.63) is 36.2 Å². The first kappa shape index (κ1) is 11.3. The van der Waals surface area contributed by atoms with Crippen LogP contribution >= 0.6 is 0 Å². The average Bonchev–Trinajstić information content (AvgIpc) is 2.38. The lowest BCUT2D eigenvalue weighted by molar-refractivity contribution is 0.0979. The van der Waals surface area contributed by atoms with Crippen molar-refractivity contribution in [1.29, 1.82) is 0 Å². The van der Waals surface area contributed by atoms with Crippen LogP contribution < -0.4 is 0 Å². The van der Waals surface area contributed by atoms with Crippen molar-refractivity contribution in [1.82, 2.24) is 9.97 Å². The fourth-order valence-corrected chi connectivity index (χ4v) is 1.52. The Morgan fingerprint density at radius 3 is 2.82 bits per heavy atom. The van der Waals surface area contributed by atoms with Crippen LogP contribution in [0.2, 0.25) is 0 Å². The van der Waals surface area contributed by atoms with Crippen LogP contribution in [0.4, 0.5) is 0 Å². The molecule has 2 aromatic rings. The van der Waals surface area contributed by atoms with Gasteiger partial charge in [-0.1, -0.05) is 12.1 Å². The first-order valence-electron chi connectivity index (χ1n) is 5.46. The normalized spacial score (nSPS) is 9.71. The first-order chi connectivity index (χ1) is 8.31. The minimum Gasteiger partial charge on any atom is -0.292 e. The van der Waals surface area contributed by atoms with E-state index in [0.717, 1.165) is 11.0 Å². The summed E-state index contributed by atoms with van der Waals surface area (Å²) < 4.78 is 0. The number of Topliss-reactive ketones (excluding diaryl/α,β-unsaturated/α-hetero) is 1. The Hall–Kier alpha value is -2.21. The zero-order valence-corrected chi connectivity index (χ0v) is 9.60. The molecule has 0 saturated heterocycles. The Balaban J connectivity index is 2.23. The van der Waals surface area contributed by atoms with Gasteiger partial charge in [0.1, 0.15) is 5.69 Å². The predicted molar refractivity (Wildman–Crippen MR) is 66.6 cm³/mol. The number of para-hydroxylation sites is 2. The van der Waals surface area contributed by atoms with Crippen LogP contribution in [0.5, 0.6) is 0 Å². The standard InChI is InChI=1S/C14H12N2O/c1-2-3-4-9-14(17)13-10-15-11-7-5-6-8-12(11)16-13/h5-8,10H,4,9H2,1H3. The number of hydrogen-bond acceptors (Lipinski definition) is 3. The van der Waals surface area contributed by atoms with E-state index in [9.17, 15) is 4.79 Å². The van der Waals surface area contributed by atoms with Gasteiger partial charge in [0.15, 0.2) is 5.78 Å². The van der Waals surface area contributed by atoms with Gasteiger partial charge in [-0.15, -0.1) is 11.8 Å². The van der Waals surface area contributed by atoms with E-state index in [4.69, 9.17) is 0 Å². The van der Waals surface area contributed by atoms with Crippen molar-refractivity contribution < 1.29 is 4.79 Å². The molecular weight excluding hydrogens is 212 g/mol. The Labute approximate surface area is 99.9 Å². The van der Waals surface area contributed by atoms with Gasteiger partial charge in [0.05, 0.1) is 17.2 Å². The molecule has 0 unspecified atom stereocenters. The van der Waals surface area contributed by atoms with Crippen LogP contribution in [-0.2, 0) is 0 Å². The van der Waals surface area contributed by atoms with Gasteiger partial charge in [-0.05, 0) is 19.1 Å². The number of carbonyl (C=O) groups excluding carboxylic acids is 1. The van der Waals surface area contributed by atoms with E-state index in [1.807, 2.05) is 24.3 Å². The zero-order chi connectivity index (χ0) is 12.1. The average molecular weight is 224 g/mol. The maximum absolute atomic E-state index is 11.8. The van der Waals surface area contributed by atoms with Gasteiger partial charge >= 0.3 is 0 Å². The summed E-state index contributed by atoms with van der Waals surface area (Å²) in [5.74, 6) is 5.62. The molecule has 3 heteroatoms. The first-order valence-corrected chi connectivity index (χ1v) is 5.46. The lowest BCUT2D eigenvalue weighted by atomic mass is 10.1. The van der Waals surface area contributed by atoms with E-state index in [-0.39, 0.29) is 5.78 Å². The van der Waals surface area contributed by atoms with Crippen molar-refractivity contribution in [3.63, 3.8) is 0 Å². The van der Waals surface area contributed by atoms with Gasteiger partial charge in [0, 0.05) is 12.8 Å². The van der Waals surface area contributed by atoms with E-state index in [2.05, 4.69) is 21.8 Å². The number of hydrogen-bond donors (Lipinski definition) is 0. The number of rotatable bonds is 3. The van der Waals surface area contributed by atoms with Gasteiger partial charge in [0.25, 0.3) is 0 Å². The van der Waals surface area contributed by atoms with Crippen molar-refractivity contribution in [3.8, 4) is 11.8 Å². The highest BCUT2D eigenvalue weighted by Gasteiger charge is 2.07. The van der Waals surface area contributed by atoms with Gasteiger partial charge in [0.2, 0.25) is 0 Å². The van der Waals surface area contributed by atoms with Crippen molar-refractivity contribution >= 4 is 16.8 Å². The highest BCUT2D eigenvalue weighted by Crippen LogP contribution is 2.10. The smallest absolute Gasteiger partial charge is 0.183 e. The summed E-state index contributed by atoms with van der Waals surface area (Å²) in [6, 6.07) is 7.51. The lowest BCUT2D eigenvalue weighted by Crippen LogP contribution is -2.02. The largest absolute Gasteiger partial charge is 0.292 e. The van der Waals surface area contributed by atoms with Gasteiger partial charge < -0.3 is 0 Å². The Bertz CT molecular complexity index is 608. The Kier molecular flexibility index (Phi) is 3.46. The molecule has 0 bridgehead atoms. The van der Waals surface area contributed by atoms with Gasteiger partial charge in [-0.2, -0.15) is 0 Å². The molecular formula is C14H12N2O. The van der Waals surface area contributed by atoms with Crippen LogP contribution in [0.15, 0.2) is 30.5 Å². The molecule has 84 valence electrons. The summed E-state index contributed by atoms with van der Waals surface area (Å²) in [6.45, 7) is 1.76. The molecule has 3 nitrogen and oxygen atoms in total. The highest BCUT2D eigenvalue weighted by atomic mass is 16.1. The molecule has 0 radical (unpaired) electrons. The monoisotopic (exact) mass is 224 g/mol. The topological polar surface area (TPSA) is 42.9 Å². The van der Waals surface area contributed by atoms with Crippen molar-refractivity contribution in [2.45, 2.75) is 19.8 Å². The molecule has 0 saturated carbocycles. The quantitative estimate of drug-likeness (QED) is 0.594. The summed E-state index contributed by atoms with van der Waals surface area (Å²) >= 11 is 0. The maximum atomic E-state index is 11.8. The molecule has 0 aliphatic rings. The minimum atomic E-state index is -0.00833. The van der Waals surface area contributed by atoms with E-state index in [1.165, 1.54) is 6.20 Å². The van der Waals surface area contributed by atoms with E-state index >= 15 is 0 Å². The van der Waals surface area contributed by atoms with Gasteiger partial charge in [-0.25, -0.2) is 4.98 Å². The van der Waals surface area contributed by atoms with E-state index in [0.29, 0.717) is 18.5 Å². The second kappa shape index (κ2) is 5.22. The van der Waals surface area contributed by atoms with Crippen LogP contribution in [0, 0.1) is 11.8 Å². The SMILES string of the molecule is CC#CCCC(=O)c1cnc2ccccc2n1. The van der Waals surface area contributed by atoms with E-state index in [1.54, 1.807) is 6.92 Å². The third-order valence-corrected chi connectivity index (χ3v) is 2.39. The van der Waals surface area contributed by atoms with Crippen LogP contribution in [0.25, 0.3) is 11.0 Å². The Morgan fingerprint density at radius 2 is 2.06 bits per heavy atom. The molecule has 0 aliphatic carbocycles. The van der Waals surface area contributed by atoms with Crippen molar-refractivity contribution in [2.75, 3.05) is 0 Å². The third-order valence-electron chi connectivity index (χ3n) is 2.39. The van der Waals surface area contributed by atoms with Crippen LogP contribution in [0.3, 0.4) is 0 Å². The summed E-state index contributed by atoms with van der Waals surface area (Å²) in [7, 11) is 0. The third kappa shape index (κ3) is 2.67. The predicted octanol–water partition coefficient (Wildman–Crippen LogP) is 2.62. The van der Waals surface area contributed by atoms with Crippen molar-refractivity contribution in [2.24, 2.45) is 0 Å². The zero-order valence-electron chi connectivity index (χ0n) is 9.60. The number of ketones is 1. The Morgan fingerprint density at radius 1 is 1.29 bits per heavy atom.